The van der Waals surface area contributed by atoms with E-state index in [1.165, 1.54) is 6.07 Å². The highest BCUT2D eigenvalue weighted by Crippen LogP contribution is 2.39. The zero-order valence-corrected chi connectivity index (χ0v) is 12.8. The van der Waals surface area contributed by atoms with E-state index in [0.29, 0.717) is 10.2 Å². The summed E-state index contributed by atoms with van der Waals surface area (Å²) in [5, 5.41) is 2.67. The Balaban J connectivity index is 1.81. The van der Waals surface area contributed by atoms with Gasteiger partial charge in [0, 0.05) is 15.1 Å². The number of carbonyl (C=O) groups excluding carboxylic acids is 1. The van der Waals surface area contributed by atoms with Crippen LogP contribution in [0.5, 0.6) is 0 Å². The second kappa shape index (κ2) is 5.58. The monoisotopic (exact) mass is 351 g/mol. The number of amides is 1. The summed E-state index contributed by atoms with van der Waals surface area (Å²) >= 11 is 4.85. The van der Waals surface area contributed by atoms with Crippen molar-refractivity contribution in [2.45, 2.75) is 10.8 Å². The van der Waals surface area contributed by atoms with Crippen LogP contribution < -0.4 is 5.32 Å². The van der Waals surface area contributed by atoms with E-state index in [4.69, 9.17) is 0 Å². The van der Waals surface area contributed by atoms with Crippen LogP contribution in [0.2, 0.25) is 0 Å². The fourth-order valence-electron chi connectivity index (χ4n) is 2.19. The lowest BCUT2D eigenvalue weighted by Crippen LogP contribution is -2.21. The molecule has 0 saturated carbocycles. The van der Waals surface area contributed by atoms with E-state index in [1.807, 2.05) is 24.3 Å². The van der Waals surface area contributed by atoms with Crippen LogP contribution in [0.4, 0.5) is 10.1 Å². The van der Waals surface area contributed by atoms with Crippen LogP contribution in [-0.2, 0) is 4.79 Å². The first kappa shape index (κ1) is 13.6. The number of nitrogens with one attached hydrogen (secondary N) is 1. The Morgan fingerprint density at radius 2 is 2.10 bits per heavy atom. The molecule has 2 nitrogen and oxygen atoms in total. The lowest BCUT2D eigenvalue weighted by atomic mass is 10.0. The second-order valence-electron chi connectivity index (χ2n) is 4.51. The zero-order chi connectivity index (χ0) is 14.1. The van der Waals surface area contributed by atoms with Crippen molar-refractivity contribution >= 4 is 39.3 Å². The summed E-state index contributed by atoms with van der Waals surface area (Å²) in [5.74, 6) is -0.127. The third-order valence-electron chi connectivity index (χ3n) is 3.21. The smallest absolute Gasteiger partial charge is 0.232 e. The maximum atomic E-state index is 13.7. The van der Waals surface area contributed by atoms with Gasteiger partial charge in [-0.3, -0.25) is 4.79 Å². The highest BCUT2D eigenvalue weighted by molar-refractivity contribution is 9.10. The molecule has 5 heteroatoms. The van der Waals surface area contributed by atoms with Gasteiger partial charge in [0.15, 0.2) is 0 Å². The Kier molecular flexibility index (Phi) is 3.81. The first-order valence-corrected chi connectivity index (χ1v) is 7.90. The van der Waals surface area contributed by atoms with Crippen molar-refractivity contribution in [3.05, 3.63) is 58.3 Å². The molecule has 1 unspecified atom stereocenters. The number of rotatable bonds is 2. The molecule has 0 saturated heterocycles. The Hall–Kier alpha value is -1.33. The van der Waals surface area contributed by atoms with Gasteiger partial charge in [-0.05, 0) is 29.8 Å². The van der Waals surface area contributed by atoms with Crippen LogP contribution in [0.15, 0.2) is 51.8 Å². The average molecular weight is 352 g/mol. The second-order valence-corrected chi connectivity index (χ2v) is 6.49. The molecule has 3 rings (SSSR count). The van der Waals surface area contributed by atoms with Crippen LogP contribution in [0.3, 0.4) is 0 Å². The average Bonchev–Trinajstić information content (AvgIpc) is 2.86. The van der Waals surface area contributed by atoms with Gasteiger partial charge >= 0.3 is 0 Å². The summed E-state index contributed by atoms with van der Waals surface area (Å²) in [6, 6.07) is 12.4. The molecule has 0 spiro atoms. The summed E-state index contributed by atoms with van der Waals surface area (Å²) in [6.07, 6.45) is 0. The van der Waals surface area contributed by atoms with E-state index < -0.39 is 5.82 Å². The van der Waals surface area contributed by atoms with Gasteiger partial charge in [-0.1, -0.05) is 34.1 Å². The highest BCUT2D eigenvalue weighted by atomic mass is 79.9. The lowest BCUT2D eigenvalue weighted by molar-refractivity contribution is -0.117. The van der Waals surface area contributed by atoms with E-state index in [-0.39, 0.29) is 17.5 Å². The Labute approximate surface area is 128 Å². The Morgan fingerprint density at radius 1 is 1.30 bits per heavy atom. The molecule has 0 aliphatic carbocycles. The fraction of sp³-hybridized carbons (Fsp3) is 0.133. The van der Waals surface area contributed by atoms with Crippen LogP contribution >= 0.6 is 27.7 Å². The number of anilines is 1. The zero-order valence-electron chi connectivity index (χ0n) is 10.4. The molecule has 2 aromatic carbocycles. The van der Waals surface area contributed by atoms with Gasteiger partial charge in [0.1, 0.15) is 5.82 Å². The normalized spacial score (nSPS) is 16.8. The van der Waals surface area contributed by atoms with Crippen LogP contribution in [0, 0.1) is 5.82 Å². The minimum absolute atomic E-state index is 0.163. The molecule has 102 valence electrons. The van der Waals surface area contributed by atoms with E-state index in [1.54, 1.807) is 23.9 Å². The molecule has 0 bridgehead atoms. The molecule has 1 atom stereocenters. The van der Waals surface area contributed by atoms with Crippen molar-refractivity contribution in [1.82, 2.24) is 0 Å². The molecule has 1 aliphatic rings. The first-order chi connectivity index (χ1) is 9.65. The molecule has 20 heavy (non-hydrogen) atoms. The Bertz CT molecular complexity index is 677. The molecule has 0 fully saturated rings. The van der Waals surface area contributed by atoms with Crippen molar-refractivity contribution < 1.29 is 9.18 Å². The van der Waals surface area contributed by atoms with Crippen molar-refractivity contribution in [2.75, 3.05) is 11.1 Å². The maximum Gasteiger partial charge on any atom is 0.232 e. The minimum atomic E-state index is -0.438. The number of hydrogen-bond donors (Lipinski definition) is 1. The molecule has 0 radical (unpaired) electrons. The van der Waals surface area contributed by atoms with Crippen molar-refractivity contribution in [1.29, 1.82) is 0 Å². The maximum absolute atomic E-state index is 13.7. The molecular weight excluding hydrogens is 341 g/mol. The van der Waals surface area contributed by atoms with Gasteiger partial charge in [-0.2, -0.15) is 0 Å². The van der Waals surface area contributed by atoms with Gasteiger partial charge in [0.2, 0.25) is 5.91 Å². The minimum Gasteiger partial charge on any atom is -0.323 e. The standard InChI is InChI=1S/C15H11BrFNOS/c16-9-5-6-13(12(17)7-9)18-15(19)11-8-20-14-4-2-1-3-10(11)14/h1-7,11H,8H2,(H,18,19). The van der Waals surface area contributed by atoms with Crippen LogP contribution in [0.1, 0.15) is 11.5 Å². The number of fused-ring (bicyclic) bond motifs is 1. The van der Waals surface area contributed by atoms with Crippen LogP contribution in [0.25, 0.3) is 0 Å². The molecule has 1 N–H and O–H groups in total. The first-order valence-electron chi connectivity index (χ1n) is 6.13. The summed E-state index contributed by atoms with van der Waals surface area (Å²) in [5.41, 5.74) is 1.24. The molecule has 2 aromatic rings. The molecule has 1 heterocycles. The fourth-order valence-corrected chi connectivity index (χ4v) is 3.75. The lowest BCUT2D eigenvalue weighted by Gasteiger charge is -2.12. The van der Waals surface area contributed by atoms with Gasteiger partial charge in [-0.15, -0.1) is 11.8 Å². The number of thioether (sulfide) groups is 1. The highest BCUT2D eigenvalue weighted by Gasteiger charge is 2.29. The van der Waals surface area contributed by atoms with Gasteiger partial charge in [0.05, 0.1) is 11.6 Å². The van der Waals surface area contributed by atoms with E-state index >= 15 is 0 Å². The van der Waals surface area contributed by atoms with Crippen molar-refractivity contribution in [3.8, 4) is 0 Å². The molecule has 1 aliphatic heterocycles. The van der Waals surface area contributed by atoms with Gasteiger partial charge < -0.3 is 5.32 Å². The summed E-state index contributed by atoms with van der Waals surface area (Å²) in [6.45, 7) is 0. The SMILES string of the molecule is O=C(Nc1ccc(Br)cc1F)C1CSc2ccccc21. The topological polar surface area (TPSA) is 29.1 Å². The molecular formula is C15H11BrFNOS. The van der Waals surface area contributed by atoms with E-state index in [0.717, 1.165) is 10.5 Å². The van der Waals surface area contributed by atoms with Gasteiger partial charge in [0.25, 0.3) is 0 Å². The number of hydrogen-bond acceptors (Lipinski definition) is 2. The summed E-state index contributed by atoms with van der Waals surface area (Å²) in [7, 11) is 0. The summed E-state index contributed by atoms with van der Waals surface area (Å²) in [4.78, 5) is 13.4. The van der Waals surface area contributed by atoms with Gasteiger partial charge in [-0.25, -0.2) is 4.39 Å². The number of carbonyl (C=O) groups is 1. The predicted molar refractivity (Wildman–Crippen MR) is 82.6 cm³/mol. The third kappa shape index (κ3) is 2.60. The van der Waals surface area contributed by atoms with Crippen molar-refractivity contribution in [3.63, 3.8) is 0 Å². The number of halogens is 2. The Morgan fingerprint density at radius 3 is 2.90 bits per heavy atom. The largest absolute Gasteiger partial charge is 0.323 e. The van der Waals surface area contributed by atoms with Crippen LogP contribution in [-0.4, -0.2) is 11.7 Å². The number of benzene rings is 2. The molecule has 1 amide bonds. The third-order valence-corrected chi connectivity index (χ3v) is 4.88. The van der Waals surface area contributed by atoms with E-state index in [9.17, 15) is 9.18 Å². The summed E-state index contributed by atoms with van der Waals surface area (Å²) < 4.78 is 14.4. The van der Waals surface area contributed by atoms with Crippen molar-refractivity contribution in [2.24, 2.45) is 0 Å². The predicted octanol–water partition coefficient (Wildman–Crippen LogP) is 4.42. The molecule has 0 aromatic heterocycles. The van der Waals surface area contributed by atoms with E-state index in [2.05, 4.69) is 21.2 Å². The quantitative estimate of drug-likeness (QED) is 0.867.